The minimum Gasteiger partial charge on any atom is -0.497 e. The fourth-order valence-corrected chi connectivity index (χ4v) is 3.89. The van der Waals surface area contributed by atoms with Crippen LogP contribution in [-0.4, -0.2) is 34.8 Å². The van der Waals surface area contributed by atoms with Crippen molar-refractivity contribution >= 4 is 22.3 Å². The van der Waals surface area contributed by atoms with E-state index in [2.05, 4.69) is 39.0 Å². The number of hydrogen-bond acceptors (Lipinski definition) is 6. The first-order valence-corrected chi connectivity index (χ1v) is 9.76. The molecule has 29 heavy (non-hydrogen) atoms. The van der Waals surface area contributed by atoms with Gasteiger partial charge < -0.3 is 15.0 Å². The average molecular weight is 395 g/mol. The molecule has 0 bridgehead atoms. The number of rotatable bonds is 6. The van der Waals surface area contributed by atoms with Crippen LogP contribution in [-0.2, 0) is 6.42 Å². The number of aryl methyl sites for hydroxylation is 1. The Hall–Kier alpha value is -3.29. The molecule has 152 valence electrons. The lowest BCUT2D eigenvalue weighted by Crippen LogP contribution is -2.39. The van der Waals surface area contributed by atoms with E-state index in [1.165, 1.54) is 0 Å². The Morgan fingerprint density at radius 3 is 2.79 bits per heavy atom. The number of benzene rings is 1. The number of methoxy groups -OCH3 is 1. The van der Waals surface area contributed by atoms with Crippen LogP contribution in [0.1, 0.15) is 25.8 Å². The van der Waals surface area contributed by atoms with E-state index in [-0.39, 0.29) is 6.17 Å². The van der Waals surface area contributed by atoms with Crippen LogP contribution >= 0.6 is 0 Å². The smallest absolute Gasteiger partial charge is 0.327 e. The first-order chi connectivity index (χ1) is 14.0. The van der Waals surface area contributed by atoms with E-state index in [1.807, 2.05) is 30.6 Å². The summed E-state index contributed by atoms with van der Waals surface area (Å²) in [6.45, 7) is 4.95. The van der Waals surface area contributed by atoms with Crippen LogP contribution in [0.15, 0.2) is 40.2 Å². The molecular weight excluding hydrogens is 370 g/mol. The SMILES string of the molecule is COc1ccc2cncc(CCC3Nc4c([nH]c(=O)[nH]c4=O)N3CC(C)C)c2c1. The fraction of sp³-hybridized carbons (Fsp3) is 0.381. The molecule has 1 atom stereocenters. The number of aromatic nitrogens is 3. The number of ether oxygens (including phenoxy) is 1. The van der Waals surface area contributed by atoms with Gasteiger partial charge in [0.15, 0.2) is 0 Å². The highest BCUT2D eigenvalue weighted by molar-refractivity contribution is 5.86. The summed E-state index contributed by atoms with van der Waals surface area (Å²) in [5, 5.41) is 5.46. The number of nitrogens with zero attached hydrogens (tertiary/aromatic N) is 2. The van der Waals surface area contributed by atoms with E-state index >= 15 is 0 Å². The van der Waals surface area contributed by atoms with E-state index < -0.39 is 11.2 Å². The van der Waals surface area contributed by atoms with Crippen LogP contribution in [0, 0.1) is 5.92 Å². The lowest BCUT2D eigenvalue weighted by Gasteiger charge is -2.28. The third-order valence-electron chi connectivity index (χ3n) is 5.20. The van der Waals surface area contributed by atoms with Crippen molar-refractivity contribution in [2.45, 2.75) is 32.9 Å². The van der Waals surface area contributed by atoms with Crippen molar-refractivity contribution in [2.24, 2.45) is 5.92 Å². The normalized spacial score (nSPS) is 15.6. The number of aromatic amines is 2. The Kier molecular flexibility index (Phi) is 5.00. The molecule has 8 heteroatoms. The fourth-order valence-electron chi connectivity index (χ4n) is 3.89. The highest BCUT2D eigenvalue weighted by Crippen LogP contribution is 2.32. The molecule has 3 aromatic rings. The van der Waals surface area contributed by atoms with Gasteiger partial charge in [-0.3, -0.25) is 19.7 Å². The van der Waals surface area contributed by atoms with Crippen LogP contribution < -0.4 is 26.2 Å². The van der Waals surface area contributed by atoms with Crippen molar-refractivity contribution in [3.8, 4) is 5.75 Å². The van der Waals surface area contributed by atoms with Gasteiger partial charge in [0.2, 0.25) is 0 Å². The Morgan fingerprint density at radius 1 is 1.21 bits per heavy atom. The summed E-state index contributed by atoms with van der Waals surface area (Å²) in [5.41, 5.74) is 0.658. The first-order valence-electron chi connectivity index (χ1n) is 9.76. The zero-order valence-corrected chi connectivity index (χ0v) is 16.8. The molecular formula is C21H25N5O3. The number of hydrogen-bond donors (Lipinski definition) is 3. The maximum Gasteiger partial charge on any atom is 0.327 e. The molecule has 2 aromatic heterocycles. The lowest BCUT2D eigenvalue weighted by molar-refractivity contribution is 0.415. The molecule has 1 unspecified atom stereocenters. The predicted octanol–water partition coefficient (Wildman–Crippen LogP) is 2.47. The number of nitrogens with one attached hydrogen (secondary N) is 3. The highest BCUT2D eigenvalue weighted by Gasteiger charge is 2.32. The standard InChI is InChI=1S/C21H25N5O3/c1-12(2)11-26-17(23-18-19(26)24-21(28)25-20(18)27)7-5-14-10-22-9-13-4-6-15(29-3)8-16(13)14/h4,6,8-10,12,17,23H,5,7,11H2,1-3H3,(H2,24,25,27,28). The molecule has 4 rings (SSSR count). The Morgan fingerprint density at radius 2 is 2.03 bits per heavy atom. The predicted molar refractivity (Wildman–Crippen MR) is 114 cm³/mol. The zero-order chi connectivity index (χ0) is 20.5. The molecule has 3 N–H and O–H groups in total. The summed E-state index contributed by atoms with van der Waals surface area (Å²) in [4.78, 5) is 35.6. The maximum absolute atomic E-state index is 12.2. The van der Waals surface area contributed by atoms with E-state index in [1.54, 1.807) is 7.11 Å². The van der Waals surface area contributed by atoms with Crippen molar-refractivity contribution in [3.63, 3.8) is 0 Å². The van der Waals surface area contributed by atoms with Gasteiger partial charge in [0.1, 0.15) is 23.4 Å². The van der Waals surface area contributed by atoms with Gasteiger partial charge >= 0.3 is 5.69 Å². The molecule has 0 fully saturated rings. The molecule has 0 amide bonds. The molecule has 1 aliphatic heterocycles. The van der Waals surface area contributed by atoms with Gasteiger partial charge in [-0.05, 0) is 47.9 Å². The highest BCUT2D eigenvalue weighted by atomic mass is 16.5. The Balaban J connectivity index is 1.62. The summed E-state index contributed by atoms with van der Waals surface area (Å²) in [6, 6.07) is 5.96. The summed E-state index contributed by atoms with van der Waals surface area (Å²) in [5.74, 6) is 1.74. The van der Waals surface area contributed by atoms with Gasteiger partial charge in [0.05, 0.1) is 7.11 Å². The minimum atomic E-state index is -0.490. The minimum absolute atomic E-state index is 0.0904. The molecule has 0 radical (unpaired) electrons. The van der Waals surface area contributed by atoms with Crippen molar-refractivity contribution in [3.05, 3.63) is 57.0 Å². The van der Waals surface area contributed by atoms with Crippen LogP contribution in [0.2, 0.25) is 0 Å². The molecule has 3 heterocycles. The van der Waals surface area contributed by atoms with Gasteiger partial charge in [0.25, 0.3) is 5.56 Å². The van der Waals surface area contributed by atoms with Gasteiger partial charge in [-0.1, -0.05) is 13.8 Å². The molecule has 0 saturated carbocycles. The number of anilines is 2. The van der Waals surface area contributed by atoms with E-state index in [0.29, 0.717) is 17.4 Å². The zero-order valence-electron chi connectivity index (χ0n) is 16.8. The van der Waals surface area contributed by atoms with E-state index in [4.69, 9.17) is 4.74 Å². The van der Waals surface area contributed by atoms with Gasteiger partial charge in [-0.25, -0.2) is 4.79 Å². The number of H-pyrrole nitrogens is 2. The molecule has 0 spiro atoms. The molecule has 1 aromatic carbocycles. The van der Waals surface area contributed by atoms with Gasteiger partial charge in [0, 0.05) is 24.3 Å². The quantitative estimate of drug-likeness (QED) is 0.592. The third kappa shape index (κ3) is 3.70. The topological polar surface area (TPSA) is 103 Å². The summed E-state index contributed by atoms with van der Waals surface area (Å²) < 4.78 is 5.37. The van der Waals surface area contributed by atoms with E-state index in [0.717, 1.165) is 41.5 Å². The second-order valence-corrected chi connectivity index (χ2v) is 7.76. The summed E-state index contributed by atoms with van der Waals surface area (Å²) in [6.07, 6.45) is 5.15. The van der Waals surface area contributed by atoms with Gasteiger partial charge in [-0.15, -0.1) is 0 Å². The van der Waals surface area contributed by atoms with Crippen molar-refractivity contribution in [1.82, 2.24) is 15.0 Å². The molecule has 8 nitrogen and oxygen atoms in total. The van der Waals surface area contributed by atoms with Crippen molar-refractivity contribution < 1.29 is 4.74 Å². The first kappa shape index (κ1) is 19.0. The van der Waals surface area contributed by atoms with Crippen LogP contribution in [0.25, 0.3) is 10.8 Å². The van der Waals surface area contributed by atoms with E-state index in [9.17, 15) is 9.59 Å². The van der Waals surface area contributed by atoms with Crippen LogP contribution in [0.3, 0.4) is 0 Å². The van der Waals surface area contributed by atoms with Crippen LogP contribution in [0.5, 0.6) is 5.75 Å². The summed E-state index contributed by atoms with van der Waals surface area (Å²) >= 11 is 0. The number of pyridine rings is 1. The Bertz CT molecular complexity index is 1150. The molecule has 0 saturated heterocycles. The Labute approximate surface area is 167 Å². The second kappa shape index (κ2) is 7.62. The third-order valence-corrected chi connectivity index (χ3v) is 5.20. The van der Waals surface area contributed by atoms with Crippen LogP contribution in [0.4, 0.5) is 11.5 Å². The average Bonchev–Trinajstić information content (AvgIpc) is 3.03. The largest absolute Gasteiger partial charge is 0.497 e. The monoisotopic (exact) mass is 395 g/mol. The molecule has 1 aliphatic rings. The van der Waals surface area contributed by atoms with Crippen molar-refractivity contribution in [1.29, 1.82) is 0 Å². The molecule has 0 aliphatic carbocycles. The van der Waals surface area contributed by atoms with Gasteiger partial charge in [-0.2, -0.15) is 0 Å². The maximum atomic E-state index is 12.2. The number of fused-ring (bicyclic) bond motifs is 2. The second-order valence-electron chi connectivity index (χ2n) is 7.76. The van der Waals surface area contributed by atoms with Crippen molar-refractivity contribution in [2.75, 3.05) is 23.9 Å². The lowest BCUT2D eigenvalue weighted by atomic mass is 10.0. The summed E-state index contributed by atoms with van der Waals surface area (Å²) in [7, 11) is 1.66.